The van der Waals surface area contributed by atoms with Gasteiger partial charge in [0.05, 0.1) is 10.2 Å². The highest BCUT2D eigenvalue weighted by Crippen LogP contribution is 2.35. The molecule has 1 N–H and O–H groups in total. The third kappa shape index (κ3) is 2.57. The molecular formula is C17H21N5OS. The minimum absolute atomic E-state index is 0.241. The second-order valence-electron chi connectivity index (χ2n) is 6.46. The fourth-order valence-corrected chi connectivity index (χ4v) is 4.50. The molecule has 0 aromatic carbocycles. The maximum absolute atomic E-state index is 10.6. The number of aliphatic hydroxyl groups excluding tert-OH is 1. The summed E-state index contributed by atoms with van der Waals surface area (Å²) in [6.45, 7) is 3.88. The topological polar surface area (TPSA) is 67.1 Å². The van der Waals surface area contributed by atoms with Crippen LogP contribution in [0.25, 0.3) is 10.2 Å². The molecule has 0 radical (unpaired) electrons. The van der Waals surface area contributed by atoms with Crippen LogP contribution in [0.3, 0.4) is 0 Å². The van der Waals surface area contributed by atoms with E-state index in [1.165, 1.54) is 5.56 Å². The average molecular weight is 343 g/mol. The average Bonchev–Trinajstić information content (AvgIpc) is 3.20. The van der Waals surface area contributed by atoms with E-state index in [1.807, 2.05) is 17.8 Å². The Kier molecular flexibility index (Phi) is 3.97. The monoisotopic (exact) mass is 343 g/mol. The van der Waals surface area contributed by atoms with Crippen molar-refractivity contribution in [3.63, 3.8) is 0 Å². The summed E-state index contributed by atoms with van der Waals surface area (Å²) < 4.78 is 3.07. The van der Waals surface area contributed by atoms with Crippen LogP contribution in [-0.2, 0) is 7.05 Å². The molecule has 6 nitrogen and oxygen atoms in total. The Hall–Kier alpha value is -1.99. The molecule has 1 aliphatic rings. The SMILES string of the molecule is Cc1csc2c(N3CCC([C@@H](O)c4nccn4C)CC3)ncnc12. The first-order valence-corrected chi connectivity index (χ1v) is 9.12. The standard InChI is InChI=1S/C17H21N5OS/c1-11-9-24-15-13(11)19-10-20-17(15)22-6-3-12(4-7-22)14(23)16-18-5-8-21(16)2/h5,8-10,12,14,23H,3-4,6-7H2,1-2H3/t14-/m1/s1. The number of fused-ring (bicyclic) bond motifs is 1. The number of aryl methyl sites for hydroxylation is 2. The summed E-state index contributed by atoms with van der Waals surface area (Å²) in [6, 6.07) is 0. The quantitative estimate of drug-likeness (QED) is 0.792. The number of piperidine rings is 1. The second kappa shape index (κ2) is 6.14. The molecule has 7 heteroatoms. The van der Waals surface area contributed by atoms with Crippen LogP contribution in [0.1, 0.15) is 30.3 Å². The molecule has 3 aromatic heterocycles. The van der Waals surface area contributed by atoms with Crippen molar-refractivity contribution in [1.82, 2.24) is 19.5 Å². The van der Waals surface area contributed by atoms with E-state index in [0.29, 0.717) is 0 Å². The van der Waals surface area contributed by atoms with Gasteiger partial charge in [0.15, 0.2) is 0 Å². The lowest BCUT2D eigenvalue weighted by molar-refractivity contribution is 0.0824. The van der Waals surface area contributed by atoms with Gasteiger partial charge in [0.2, 0.25) is 0 Å². The Morgan fingerprint density at radius 2 is 2.04 bits per heavy atom. The van der Waals surface area contributed by atoms with E-state index in [0.717, 1.165) is 47.8 Å². The first kappa shape index (κ1) is 15.5. The Balaban J connectivity index is 1.51. The molecule has 1 fully saturated rings. The van der Waals surface area contributed by atoms with Crippen molar-refractivity contribution in [3.8, 4) is 0 Å². The van der Waals surface area contributed by atoms with Crippen LogP contribution in [0.15, 0.2) is 24.1 Å². The van der Waals surface area contributed by atoms with Gasteiger partial charge in [-0.2, -0.15) is 0 Å². The summed E-state index contributed by atoms with van der Waals surface area (Å²) in [6.07, 6.45) is 6.65. The third-order valence-electron chi connectivity index (χ3n) is 4.92. The fourth-order valence-electron chi connectivity index (χ4n) is 3.48. The van der Waals surface area contributed by atoms with Gasteiger partial charge in [-0.1, -0.05) is 0 Å². The molecular weight excluding hydrogens is 322 g/mol. The van der Waals surface area contributed by atoms with E-state index in [1.54, 1.807) is 23.9 Å². The number of hydrogen-bond donors (Lipinski definition) is 1. The summed E-state index contributed by atoms with van der Waals surface area (Å²) >= 11 is 1.71. The van der Waals surface area contributed by atoms with Crippen LogP contribution < -0.4 is 4.90 Å². The second-order valence-corrected chi connectivity index (χ2v) is 7.34. The smallest absolute Gasteiger partial charge is 0.150 e. The Morgan fingerprint density at radius 3 is 2.75 bits per heavy atom. The molecule has 0 unspecified atom stereocenters. The number of imidazole rings is 1. The van der Waals surface area contributed by atoms with E-state index >= 15 is 0 Å². The summed E-state index contributed by atoms with van der Waals surface area (Å²) in [4.78, 5) is 15.5. The summed E-state index contributed by atoms with van der Waals surface area (Å²) in [5.41, 5.74) is 2.26. The first-order valence-electron chi connectivity index (χ1n) is 8.24. The number of thiophene rings is 1. The van der Waals surface area contributed by atoms with Crippen molar-refractivity contribution < 1.29 is 5.11 Å². The first-order chi connectivity index (χ1) is 11.6. The summed E-state index contributed by atoms with van der Waals surface area (Å²) in [7, 11) is 1.93. The molecule has 1 aliphatic heterocycles. The van der Waals surface area contributed by atoms with Crippen LogP contribution >= 0.6 is 11.3 Å². The molecule has 3 aromatic rings. The van der Waals surface area contributed by atoms with Crippen molar-refractivity contribution >= 4 is 27.4 Å². The Labute approximate surface area is 144 Å². The number of hydrogen-bond acceptors (Lipinski definition) is 6. The molecule has 4 rings (SSSR count). The van der Waals surface area contributed by atoms with E-state index in [9.17, 15) is 5.11 Å². The van der Waals surface area contributed by atoms with Gasteiger partial charge in [0.1, 0.15) is 24.1 Å². The number of aromatic nitrogens is 4. The van der Waals surface area contributed by atoms with Gasteiger partial charge in [0.25, 0.3) is 0 Å². The van der Waals surface area contributed by atoms with Crippen molar-refractivity contribution in [2.75, 3.05) is 18.0 Å². The van der Waals surface area contributed by atoms with Crippen molar-refractivity contribution in [2.24, 2.45) is 13.0 Å². The normalized spacial score (nSPS) is 17.5. The zero-order chi connectivity index (χ0) is 16.7. The van der Waals surface area contributed by atoms with Crippen molar-refractivity contribution in [2.45, 2.75) is 25.9 Å². The lowest BCUT2D eigenvalue weighted by Crippen LogP contribution is -2.36. The van der Waals surface area contributed by atoms with Gasteiger partial charge >= 0.3 is 0 Å². The maximum atomic E-state index is 10.6. The van der Waals surface area contributed by atoms with Gasteiger partial charge in [-0.3, -0.25) is 0 Å². The van der Waals surface area contributed by atoms with Crippen LogP contribution in [0.4, 0.5) is 5.82 Å². The number of nitrogens with zero attached hydrogens (tertiary/aromatic N) is 5. The number of anilines is 1. The molecule has 24 heavy (non-hydrogen) atoms. The van der Waals surface area contributed by atoms with Crippen LogP contribution in [0.5, 0.6) is 0 Å². The predicted octanol–water partition coefficient (Wildman–Crippen LogP) is 2.68. The Morgan fingerprint density at radius 1 is 1.25 bits per heavy atom. The maximum Gasteiger partial charge on any atom is 0.150 e. The molecule has 0 amide bonds. The van der Waals surface area contributed by atoms with Crippen LogP contribution in [-0.4, -0.2) is 37.7 Å². The zero-order valence-electron chi connectivity index (χ0n) is 13.9. The largest absolute Gasteiger partial charge is 0.385 e. The number of rotatable bonds is 3. The molecule has 4 heterocycles. The third-order valence-corrected chi connectivity index (χ3v) is 6.00. The number of aliphatic hydroxyl groups is 1. The molecule has 1 saturated heterocycles. The molecule has 0 bridgehead atoms. The highest BCUT2D eigenvalue weighted by atomic mass is 32.1. The predicted molar refractivity (Wildman–Crippen MR) is 95.3 cm³/mol. The minimum atomic E-state index is -0.499. The van der Waals surface area contributed by atoms with E-state index < -0.39 is 6.10 Å². The molecule has 0 spiro atoms. The van der Waals surface area contributed by atoms with E-state index in [-0.39, 0.29) is 5.92 Å². The van der Waals surface area contributed by atoms with Gasteiger partial charge < -0.3 is 14.6 Å². The van der Waals surface area contributed by atoms with Crippen LogP contribution in [0.2, 0.25) is 0 Å². The highest BCUT2D eigenvalue weighted by Gasteiger charge is 2.29. The molecule has 0 aliphatic carbocycles. The molecule has 0 saturated carbocycles. The van der Waals surface area contributed by atoms with E-state index in [4.69, 9.17) is 0 Å². The zero-order valence-corrected chi connectivity index (χ0v) is 14.7. The van der Waals surface area contributed by atoms with Gasteiger partial charge in [0, 0.05) is 32.5 Å². The lowest BCUT2D eigenvalue weighted by Gasteiger charge is -2.34. The lowest BCUT2D eigenvalue weighted by atomic mass is 9.90. The van der Waals surface area contributed by atoms with E-state index in [2.05, 4.69) is 32.2 Å². The molecule has 126 valence electrons. The van der Waals surface area contributed by atoms with Gasteiger partial charge in [-0.05, 0) is 36.6 Å². The van der Waals surface area contributed by atoms with Gasteiger partial charge in [-0.25, -0.2) is 15.0 Å². The minimum Gasteiger partial charge on any atom is -0.385 e. The highest BCUT2D eigenvalue weighted by molar-refractivity contribution is 7.18. The summed E-state index contributed by atoms with van der Waals surface area (Å²) in [5, 5.41) is 12.8. The molecule has 1 atom stereocenters. The summed E-state index contributed by atoms with van der Waals surface area (Å²) in [5.74, 6) is 2.03. The van der Waals surface area contributed by atoms with Gasteiger partial charge in [-0.15, -0.1) is 11.3 Å². The fraction of sp³-hybridized carbons (Fsp3) is 0.471. The van der Waals surface area contributed by atoms with Crippen molar-refractivity contribution in [3.05, 3.63) is 35.5 Å². The Bertz CT molecular complexity index is 850. The van der Waals surface area contributed by atoms with Crippen molar-refractivity contribution in [1.29, 1.82) is 0 Å². The van der Waals surface area contributed by atoms with Crippen LogP contribution in [0, 0.1) is 12.8 Å².